The van der Waals surface area contributed by atoms with Crippen molar-refractivity contribution in [3.63, 3.8) is 0 Å². The van der Waals surface area contributed by atoms with Gasteiger partial charge in [-0.25, -0.2) is 0 Å². The molecule has 5 N–H and O–H groups in total. The second-order valence-corrected chi connectivity index (χ2v) is 8.00. The van der Waals surface area contributed by atoms with Crippen LogP contribution in [0.25, 0.3) is 11.0 Å². The van der Waals surface area contributed by atoms with Crippen molar-refractivity contribution in [3.05, 3.63) is 10.4 Å². The number of fused-ring (bicyclic) bond motifs is 1. The van der Waals surface area contributed by atoms with Crippen molar-refractivity contribution in [3.8, 4) is 0 Å². The largest absolute Gasteiger partial charge is 0.463 e. The number of anilines is 1. The summed E-state index contributed by atoms with van der Waals surface area (Å²) in [6.07, 6.45) is -5.45. The van der Waals surface area contributed by atoms with Crippen LogP contribution >= 0.6 is 12.2 Å². The summed E-state index contributed by atoms with van der Waals surface area (Å²) < 4.78 is 11.9. The summed E-state index contributed by atoms with van der Waals surface area (Å²) in [6, 6.07) is 0. The number of carbonyl (C=O) groups excluding carboxylic acids is 2. The van der Waals surface area contributed by atoms with E-state index >= 15 is 0 Å². The molecule has 1 aliphatic rings. The van der Waals surface area contributed by atoms with Crippen LogP contribution in [0.1, 0.15) is 19.6 Å². The van der Waals surface area contributed by atoms with Crippen molar-refractivity contribution in [2.24, 2.45) is 5.73 Å². The molecule has 0 aliphatic carbocycles. The molecule has 2 aromatic rings. The van der Waals surface area contributed by atoms with Gasteiger partial charge in [-0.3, -0.25) is 14.4 Å². The van der Waals surface area contributed by atoms with E-state index in [2.05, 4.69) is 20.7 Å². The molecular formula is C17H24N8O7S. The molecule has 4 unspecified atom stereocenters. The molecular weight excluding hydrogens is 460 g/mol. The summed E-state index contributed by atoms with van der Waals surface area (Å²) >= 11 is 4.95. The van der Waals surface area contributed by atoms with Crippen LogP contribution in [0.2, 0.25) is 0 Å². The van der Waals surface area contributed by atoms with Crippen LogP contribution in [0.5, 0.6) is 0 Å². The number of nitrogens with one attached hydrogen (secondary N) is 1. The summed E-state index contributed by atoms with van der Waals surface area (Å²) in [6.45, 7) is 1.31. The van der Waals surface area contributed by atoms with Gasteiger partial charge in [-0.1, -0.05) is 5.21 Å². The second-order valence-electron chi connectivity index (χ2n) is 7.59. The Morgan fingerprint density at radius 3 is 2.64 bits per heavy atom. The number of nitrogens with zero attached hydrogens (tertiary/aromatic N) is 6. The molecule has 16 heteroatoms. The zero-order chi connectivity index (χ0) is 24.4. The normalized spacial score (nSPS) is 22.6. The molecule has 2 aromatic heterocycles. The highest BCUT2D eigenvalue weighted by atomic mass is 32.1. The number of thiocarbonyl (C=S) groups is 1. The number of amides is 1. The van der Waals surface area contributed by atoms with E-state index in [1.54, 1.807) is 0 Å². The third kappa shape index (κ3) is 5.14. The van der Waals surface area contributed by atoms with E-state index in [4.69, 9.17) is 27.4 Å². The predicted molar refractivity (Wildman–Crippen MR) is 116 cm³/mol. The lowest BCUT2D eigenvalue weighted by atomic mass is 10.1. The van der Waals surface area contributed by atoms with E-state index in [0.29, 0.717) is 11.2 Å². The Morgan fingerprint density at radius 2 is 2.03 bits per heavy atom. The van der Waals surface area contributed by atoms with Gasteiger partial charge < -0.3 is 35.6 Å². The van der Waals surface area contributed by atoms with Gasteiger partial charge in [0, 0.05) is 19.9 Å². The fourth-order valence-corrected chi connectivity index (χ4v) is 3.27. The summed E-state index contributed by atoms with van der Waals surface area (Å²) in [5.74, 6) is -1.06. The zero-order valence-electron chi connectivity index (χ0n) is 18.0. The molecule has 0 spiro atoms. The summed E-state index contributed by atoms with van der Waals surface area (Å²) in [4.78, 5) is 38.3. The van der Waals surface area contributed by atoms with Crippen LogP contribution in [-0.2, 0) is 19.1 Å². The molecule has 33 heavy (non-hydrogen) atoms. The van der Waals surface area contributed by atoms with Crippen LogP contribution in [0.15, 0.2) is 4.79 Å². The average molecular weight is 484 g/mol. The lowest BCUT2D eigenvalue weighted by Crippen LogP contribution is -2.38. The summed E-state index contributed by atoms with van der Waals surface area (Å²) in [5.41, 5.74) is 4.54. The molecule has 0 radical (unpaired) electrons. The highest BCUT2D eigenvalue weighted by molar-refractivity contribution is 7.80. The Hall–Kier alpha value is -3.05. The number of nitrogens with two attached hydrogens (primary N) is 1. The average Bonchev–Trinajstić information content (AvgIpc) is 3.24. The van der Waals surface area contributed by atoms with Gasteiger partial charge in [-0.15, -0.1) is 10.2 Å². The van der Waals surface area contributed by atoms with Gasteiger partial charge in [0.25, 0.3) is 5.56 Å². The maximum Gasteiger partial charge on any atom is 0.302 e. The van der Waals surface area contributed by atoms with E-state index in [1.807, 2.05) is 19.0 Å². The van der Waals surface area contributed by atoms with Gasteiger partial charge in [0.2, 0.25) is 5.91 Å². The topological polar surface area (TPSA) is 200 Å². The number of hydrogen-bond acceptors (Lipinski definition) is 12. The number of esters is 1. The van der Waals surface area contributed by atoms with Gasteiger partial charge in [-0.05, 0) is 26.3 Å². The first-order valence-corrected chi connectivity index (χ1v) is 10.2. The Morgan fingerprint density at radius 1 is 1.33 bits per heavy atom. The predicted octanol–water partition coefficient (Wildman–Crippen LogP) is -2.85. The summed E-state index contributed by atoms with van der Waals surface area (Å²) in [5, 5.41) is 34.6. The molecule has 0 aromatic carbocycles. The van der Waals surface area contributed by atoms with Crippen molar-refractivity contribution in [2.45, 2.75) is 37.9 Å². The molecule has 15 nitrogen and oxygen atoms in total. The first kappa shape index (κ1) is 24.6. The number of aromatic nitrogens is 5. The van der Waals surface area contributed by atoms with Gasteiger partial charge >= 0.3 is 5.97 Å². The Kier molecular flexibility index (Phi) is 7.33. The Labute approximate surface area is 192 Å². The van der Waals surface area contributed by atoms with E-state index in [0.717, 1.165) is 4.68 Å². The third-order valence-electron chi connectivity index (χ3n) is 4.79. The maximum atomic E-state index is 13.2. The number of ether oxygens (including phenoxy) is 2. The van der Waals surface area contributed by atoms with E-state index < -0.39 is 36.1 Å². The first-order chi connectivity index (χ1) is 15.5. The van der Waals surface area contributed by atoms with Crippen LogP contribution in [0, 0.1) is 0 Å². The number of rotatable bonds is 7. The van der Waals surface area contributed by atoms with Gasteiger partial charge in [0.1, 0.15) is 24.9 Å². The molecule has 180 valence electrons. The zero-order valence-corrected chi connectivity index (χ0v) is 18.9. The molecule has 1 fully saturated rings. The number of aliphatic hydroxyl groups excluding tert-OH is 2. The Balaban J connectivity index is 1.96. The molecule has 3 heterocycles. The van der Waals surface area contributed by atoms with E-state index in [-0.39, 0.29) is 40.9 Å². The standard InChI is InChI=1S/C17H24N8O7S/c1-7(26)31-6-8-12(28)13(29)16(32-8)25-15(30)11-10(20-22-25)14(21-24(11)17(18)33)19-9(27)4-5-23(2)3/h8,12-13,16,28-29H,4-6H2,1-3H3,(H2,18,33)(H,19,21,27). The maximum absolute atomic E-state index is 13.2. The van der Waals surface area contributed by atoms with Crippen LogP contribution < -0.4 is 16.6 Å². The number of aliphatic hydroxyl groups is 2. The third-order valence-corrected chi connectivity index (χ3v) is 4.97. The lowest BCUT2D eigenvalue weighted by Gasteiger charge is -2.15. The van der Waals surface area contributed by atoms with E-state index in [1.165, 1.54) is 6.92 Å². The van der Waals surface area contributed by atoms with E-state index in [9.17, 15) is 24.6 Å². The van der Waals surface area contributed by atoms with Crippen LogP contribution in [0.3, 0.4) is 0 Å². The monoisotopic (exact) mass is 484 g/mol. The van der Waals surface area contributed by atoms with Crippen molar-refractivity contribution >= 4 is 46.1 Å². The molecule has 1 aliphatic heterocycles. The first-order valence-electron chi connectivity index (χ1n) is 9.78. The molecule has 3 rings (SSSR count). The Bertz CT molecular complexity index is 1130. The summed E-state index contributed by atoms with van der Waals surface area (Å²) in [7, 11) is 3.62. The fourth-order valence-electron chi connectivity index (χ4n) is 3.14. The minimum atomic E-state index is -1.58. The smallest absolute Gasteiger partial charge is 0.302 e. The van der Waals surface area contributed by atoms with Crippen LogP contribution in [-0.4, -0.2) is 102 Å². The minimum Gasteiger partial charge on any atom is -0.463 e. The van der Waals surface area contributed by atoms with Crippen LogP contribution in [0.4, 0.5) is 5.82 Å². The molecule has 0 saturated carbocycles. The molecule has 4 atom stereocenters. The SMILES string of the molecule is CC(=O)OCC1OC(n2nnc3c(NC(=O)CCN(C)C)nn(C(N)=S)c3c2=O)C(O)C1O. The molecule has 1 saturated heterocycles. The van der Waals surface area contributed by atoms with Gasteiger partial charge in [-0.2, -0.15) is 9.36 Å². The van der Waals surface area contributed by atoms with Crippen molar-refractivity contribution in [2.75, 3.05) is 32.6 Å². The van der Waals surface area contributed by atoms with Gasteiger partial charge in [0.05, 0.1) is 0 Å². The molecule has 0 bridgehead atoms. The van der Waals surface area contributed by atoms with Crippen molar-refractivity contribution < 1.29 is 29.3 Å². The van der Waals surface area contributed by atoms with Gasteiger partial charge in [0.15, 0.2) is 28.2 Å². The fraction of sp³-hybridized carbons (Fsp3) is 0.588. The highest BCUT2D eigenvalue weighted by Crippen LogP contribution is 2.28. The second kappa shape index (κ2) is 9.84. The number of carbonyl (C=O) groups is 2. The quantitative estimate of drug-likeness (QED) is 0.231. The lowest BCUT2D eigenvalue weighted by molar-refractivity contribution is -0.147. The molecule has 1 amide bonds. The minimum absolute atomic E-state index is 0.0704. The van der Waals surface area contributed by atoms with Crippen molar-refractivity contribution in [1.82, 2.24) is 29.7 Å². The number of hydrogen-bond donors (Lipinski definition) is 4. The van der Waals surface area contributed by atoms with Crippen molar-refractivity contribution in [1.29, 1.82) is 0 Å². The highest BCUT2D eigenvalue weighted by Gasteiger charge is 2.45.